The van der Waals surface area contributed by atoms with Crippen LogP contribution in [0.4, 0.5) is 0 Å². The van der Waals surface area contributed by atoms with Gasteiger partial charge in [0.05, 0.1) is 33.0 Å². The Morgan fingerprint density at radius 1 is 0.700 bits per heavy atom. The highest BCUT2D eigenvalue weighted by atomic mass is 31.2. The molecule has 0 radical (unpaired) electrons. The number of ether oxygens (including phenoxy) is 5. The highest BCUT2D eigenvalue weighted by Gasteiger charge is 2.52. The molecule has 214 valence electrons. The van der Waals surface area contributed by atoms with Gasteiger partial charge in [0.2, 0.25) is 0 Å². The second-order valence-electron chi connectivity index (χ2n) is 9.41. The molecule has 40 heavy (non-hydrogen) atoms. The van der Waals surface area contributed by atoms with Crippen molar-refractivity contribution in [3.8, 4) is 0 Å². The third-order valence-corrected chi connectivity index (χ3v) is 7.90. The van der Waals surface area contributed by atoms with Gasteiger partial charge >= 0.3 is 8.60 Å². The van der Waals surface area contributed by atoms with Crippen LogP contribution in [0.2, 0.25) is 0 Å². The molecule has 2 fully saturated rings. The van der Waals surface area contributed by atoms with Gasteiger partial charge in [-0.2, -0.15) is 0 Å². The normalized spacial score (nSPS) is 26.5. The number of hydrogen-bond acceptors (Lipinski definition) is 8. The molecule has 8 nitrogen and oxygen atoms in total. The summed E-state index contributed by atoms with van der Waals surface area (Å²) in [5.74, 6) is 0. The van der Waals surface area contributed by atoms with Crippen molar-refractivity contribution in [3.63, 3.8) is 0 Å². The summed E-state index contributed by atoms with van der Waals surface area (Å²) in [5, 5.41) is 0. The molecule has 3 aromatic rings. The summed E-state index contributed by atoms with van der Waals surface area (Å²) in [6.45, 7) is 5.71. The molecule has 0 bridgehead atoms. The molecule has 0 aromatic heterocycles. The van der Waals surface area contributed by atoms with Gasteiger partial charge in [-0.1, -0.05) is 91.0 Å². The van der Waals surface area contributed by atoms with E-state index in [-0.39, 0.29) is 0 Å². The molecule has 9 heteroatoms. The maximum atomic E-state index is 6.62. The Morgan fingerprint density at radius 2 is 1.25 bits per heavy atom. The van der Waals surface area contributed by atoms with Crippen LogP contribution in [0.1, 0.15) is 36.8 Å². The van der Waals surface area contributed by atoms with Gasteiger partial charge in [-0.05, 0) is 25.0 Å². The number of fused-ring (bicyclic) bond motifs is 1. The molecule has 0 N–H and O–H groups in total. The Hall–Kier alpha value is -2.23. The van der Waals surface area contributed by atoms with Crippen molar-refractivity contribution in [2.75, 3.05) is 19.8 Å². The fraction of sp³-hybridized carbons (Fsp3) is 0.419. The summed E-state index contributed by atoms with van der Waals surface area (Å²) >= 11 is 0. The molecule has 5 rings (SSSR count). The lowest BCUT2D eigenvalue weighted by atomic mass is 9.97. The molecule has 6 atom stereocenters. The Balaban J connectivity index is 1.43. The molecule has 2 aliphatic heterocycles. The lowest BCUT2D eigenvalue weighted by molar-refractivity contribution is -0.362. The number of benzene rings is 3. The van der Waals surface area contributed by atoms with Crippen LogP contribution in [0.25, 0.3) is 0 Å². The molecule has 0 saturated carbocycles. The SMILES string of the molecule is CCOP(OCC)O[C@H]1O[C@@H]2COC(c3ccccc3)O[C@H]2[C@H](OCc2ccccc2)[C@@H]1OCc1ccccc1. The first-order chi connectivity index (χ1) is 19.7. The summed E-state index contributed by atoms with van der Waals surface area (Å²) in [4.78, 5) is 0. The highest BCUT2D eigenvalue weighted by Crippen LogP contribution is 2.45. The van der Waals surface area contributed by atoms with Gasteiger partial charge in [0.1, 0.15) is 24.4 Å². The van der Waals surface area contributed by atoms with E-state index < -0.39 is 45.6 Å². The third-order valence-electron chi connectivity index (χ3n) is 6.59. The smallest absolute Gasteiger partial charge is 0.335 e. The Labute approximate surface area is 237 Å². The summed E-state index contributed by atoms with van der Waals surface area (Å²) in [6.07, 6.45) is -3.44. The van der Waals surface area contributed by atoms with E-state index >= 15 is 0 Å². The molecular weight excluding hydrogens is 531 g/mol. The second-order valence-corrected chi connectivity index (χ2v) is 10.6. The number of hydrogen-bond donors (Lipinski definition) is 0. The van der Waals surface area contributed by atoms with Crippen LogP contribution >= 0.6 is 8.60 Å². The van der Waals surface area contributed by atoms with E-state index in [0.29, 0.717) is 33.0 Å². The van der Waals surface area contributed by atoms with Gasteiger partial charge in [0, 0.05) is 5.56 Å². The van der Waals surface area contributed by atoms with E-state index in [0.717, 1.165) is 16.7 Å². The standard InChI is InChI=1S/C31H37O8P/c1-3-35-40(36-4-2)39-31-29(33-21-24-16-10-6-11-17-24)28(32-20-23-14-8-5-9-15-23)27-26(37-31)22-34-30(38-27)25-18-12-7-13-19-25/h5-19,26-31H,3-4,20-22H2,1-2H3/t26-,27-,28+,29+,30?,31-/m1/s1. The molecule has 0 aliphatic carbocycles. The third kappa shape index (κ3) is 7.74. The van der Waals surface area contributed by atoms with Crippen LogP contribution in [0.5, 0.6) is 0 Å². The minimum Gasteiger partial charge on any atom is -0.368 e. The molecular formula is C31H37O8P. The molecule has 3 aromatic carbocycles. The quantitative estimate of drug-likeness (QED) is 0.222. The molecule has 2 saturated heterocycles. The van der Waals surface area contributed by atoms with Crippen molar-refractivity contribution in [1.29, 1.82) is 0 Å². The second kappa shape index (κ2) is 15.1. The maximum Gasteiger partial charge on any atom is 0.335 e. The van der Waals surface area contributed by atoms with Gasteiger partial charge in [-0.3, -0.25) is 4.52 Å². The zero-order valence-electron chi connectivity index (χ0n) is 22.9. The molecule has 0 amide bonds. The number of rotatable bonds is 13. The van der Waals surface area contributed by atoms with E-state index in [2.05, 4.69) is 0 Å². The predicted octanol–water partition coefficient (Wildman–Crippen LogP) is 6.31. The van der Waals surface area contributed by atoms with Gasteiger partial charge in [-0.25, -0.2) is 0 Å². The minimum atomic E-state index is -1.66. The first-order valence-corrected chi connectivity index (χ1v) is 14.9. The molecule has 2 heterocycles. The Morgan fingerprint density at radius 3 is 1.82 bits per heavy atom. The van der Waals surface area contributed by atoms with E-state index in [1.807, 2.05) is 105 Å². The van der Waals surface area contributed by atoms with Gasteiger partial charge in [0.15, 0.2) is 12.6 Å². The highest BCUT2D eigenvalue weighted by molar-refractivity contribution is 7.41. The lowest BCUT2D eigenvalue weighted by Crippen LogP contribution is -2.63. The van der Waals surface area contributed by atoms with Crippen LogP contribution in [-0.2, 0) is 50.5 Å². The van der Waals surface area contributed by atoms with Gasteiger partial charge in [-0.15, -0.1) is 0 Å². The fourth-order valence-electron chi connectivity index (χ4n) is 4.70. The first-order valence-electron chi connectivity index (χ1n) is 13.8. The van der Waals surface area contributed by atoms with Crippen LogP contribution in [0.15, 0.2) is 91.0 Å². The monoisotopic (exact) mass is 568 g/mol. The van der Waals surface area contributed by atoms with Gasteiger partial charge in [0.25, 0.3) is 0 Å². The molecule has 1 unspecified atom stereocenters. The van der Waals surface area contributed by atoms with Crippen LogP contribution in [-0.4, -0.2) is 50.5 Å². The lowest BCUT2D eigenvalue weighted by Gasteiger charge is -2.49. The van der Waals surface area contributed by atoms with Crippen LogP contribution in [0, 0.1) is 0 Å². The van der Waals surface area contributed by atoms with E-state index in [4.69, 9.17) is 37.3 Å². The zero-order valence-corrected chi connectivity index (χ0v) is 23.8. The van der Waals surface area contributed by atoms with Crippen LogP contribution in [0.3, 0.4) is 0 Å². The van der Waals surface area contributed by atoms with Crippen molar-refractivity contribution in [1.82, 2.24) is 0 Å². The molecule has 2 aliphatic rings. The Kier molecular flexibility index (Phi) is 11.1. The van der Waals surface area contributed by atoms with E-state index in [1.54, 1.807) is 0 Å². The summed E-state index contributed by atoms with van der Waals surface area (Å²) in [7, 11) is -1.66. The van der Waals surface area contributed by atoms with E-state index in [9.17, 15) is 0 Å². The summed E-state index contributed by atoms with van der Waals surface area (Å²) in [6, 6.07) is 29.9. The van der Waals surface area contributed by atoms with Crippen molar-refractivity contribution in [2.45, 2.75) is 64.1 Å². The maximum absolute atomic E-state index is 6.62. The van der Waals surface area contributed by atoms with Crippen molar-refractivity contribution in [2.24, 2.45) is 0 Å². The topological polar surface area (TPSA) is 73.8 Å². The predicted molar refractivity (Wildman–Crippen MR) is 150 cm³/mol. The molecule has 0 spiro atoms. The van der Waals surface area contributed by atoms with Gasteiger partial charge < -0.3 is 32.7 Å². The fourth-order valence-corrected chi connectivity index (χ4v) is 5.66. The van der Waals surface area contributed by atoms with Crippen LogP contribution < -0.4 is 0 Å². The largest absolute Gasteiger partial charge is 0.368 e. The Bertz CT molecular complexity index is 1120. The van der Waals surface area contributed by atoms with E-state index in [1.165, 1.54) is 0 Å². The minimum absolute atomic E-state index is 0.307. The van der Waals surface area contributed by atoms with Crippen molar-refractivity contribution in [3.05, 3.63) is 108 Å². The average Bonchev–Trinajstić information content (AvgIpc) is 3.00. The van der Waals surface area contributed by atoms with Crippen molar-refractivity contribution < 1.29 is 37.3 Å². The first kappa shape index (κ1) is 29.3. The summed E-state index contributed by atoms with van der Waals surface area (Å²) < 4.78 is 50.1. The summed E-state index contributed by atoms with van der Waals surface area (Å²) in [5.41, 5.74) is 3.00. The average molecular weight is 569 g/mol. The van der Waals surface area contributed by atoms with Crippen molar-refractivity contribution >= 4 is 8.60 Å². The zero-order chi connectivity index (χ0) is 27.6.